The van der Waals surface area contributed by atoms with E-state index in [0.717, 1.165) is 12.0 Å². The van der Waals surface area contributed by atoms with Gasteiger partial charge in [0.2, 0.25) is 0 Å². The first kappa shape index (κ1) is 12.0. The van der Waals surface area contributed by atoms with Gasteiger partial charge in [0.15, 0.2) is 0 Å². The summed E-state index contributed by atoms with van der Waals surface area (Å²) in [7, 11) is 0. The predicted octanol–water partition coefficient (Wildman–Crippen LogP) is 2.27. The van der Waals surface area contributed by atoms with Gasteiger partial charge in [-0.05, 0) is 62.5 Å². The molecule has 0 bridgehead atoms. The number of hydrogen-bond donors (Lipinski definition) is 3. The quantitative estimate of drug-likeness (QED) is 0.799. The van der Waals surface area contributed by atoms with E-state index in [2.05, 4.69) is 31.9 Å². The second-order valence-corrected chi connectivity index (χ2v) is 4.73. The highest BCUT2D eigenvalue weighted by atomic mass is 79.9. The zero-order valence-electron chi connectivity index (χ0n) is 7.50. The van der Waals surface area contributed by atoms with Crippen molar-refractivity contribution in [3.8, 4) is 5.75 Å². The van der Waals surface area contributed by atoms with Crippen LogP contribution in [0.4, 0.5) is 0 Å². The van der Waals surface area contributed by atoms with Gasteiger partial charge in [0.1, 0.15) is 5.75 Å². The van der Waals surface area contributed by atoms with Crippen molar-refractivity contribution in [1.82, 2.24) is 0 Å². The molecule has 0 aliphatic heterocycles. The molecule has 0 saturated carbocycles. The number of rotatable bonds is 3. The normalized spacial score (nSPS) is 12.9. The molecule has 0 fully saturated rings. The van der Waals surface area contributed by atoms with Crippen LogP contribution < -0.4 is 11.5 Å². The van der Waals surface area contributed by atoms with Crippen molar-refractivity contribution in [2.24, 2.45) is 11.5 Å². The van der Waals surface area contributed by atoms with Crippen LogP contribution in [0.5, 0.6) is 5.75 Å². The van der Waals surface area contributed by atoms with E-state index in [9.17, 15) is 5.11 Å². The Labute approximate surface area is 99.7 Å². The second kappa shape index (κ2) is 5.11. The standard InChI is InChI=1S/C9H12Br2N2O/c10-6-3-5(8(13)1-2-12)4-7(11)9(6)14/h3-4,8,14H,1-2,12-13H2/t8-/m1/s1. The van der Waals surface area contributed by atoms with E-state index < -0.39 is 0 Å². The van der Waals surface area contributed by atoms with Gasteiger partial charge in [0.05, 0.1) is 8.95 Å². The Bertz CT molecular complexity index is 308. The van der Waals surface area contributed by atoms with E-state index in [1.165, 1.54) is 0 Å². The summed E-state index contributed by atoms with van der Waals surface area (Å²) in [5.41, 5.74) is 12.3. The average Bonchev–Trinajstić information content (AvgIpc) is 2.13. The van der Waals surface area contributed by atoms with Crippen molar-refractivity contribution in [2.75, 3.05) is 6.54 Å². The molecule has 0 aliphatic rings. The van der Waals surface area contributed by atoms with E-state index in [0.29, 0.717) is 15.5 Å². The van der Waals surface area contributed by atoms with Gasteiger partial charge in [-0.25, -0.2) is 0 Å². The Morgan fingerprint density at radius 2 is 1.79 bits per heavy atom. The van der Waals surface area contributed by atoms with Crippen molar-refractivity contribution in [2.45, 2.75) is 12.5 Å². The molecule has 0 aliphatic carbocycles. The third-order valence-electron chi connectivity index (χ3n) is 1.95. The maximum absolute atomic E-state index is 9.48. The molecule has 3 nitrogen and oxygen atoms in total. The predicted molar refractivity (Wildman–Crippen MR) is 64.1 cm³/mol. The van der Waals surface area contributed by atoms with E-state index >= 15 is 0 Å². The Morgan fingerprint density at radius 1 is 1.29 bits per heavy atom. The number of phenolic OH excluding ortho intramolecular Hbond substituents is 1. The van der Waals surface area contributed by atoms with Crippen LogP contribution in [0.1, 0.15) is 18.0 Å². The second-order valence-electron chi connectivity index (χ2n) is 3.02. The lowest BCUT2D eigenvalue weighted by Crippen LogP contribution is -2.15. The molecular weight excluding hydrogens is 312 g/mol. The number of benzene rings is 1. The van der Waals surface area contributed by atoms with Gasteiger partial charge in [-0.1, -0.05) is 0 Å². The van der Waals surface area contributed by atoms with E-state index in [-0.39, 0.29) is 11.8 Å². The summed E-state index contributed by atoms with van der Waals surface area (Å²) in [5.74, 6) is 0.189. The zero-order chi connectivity index (χ0) is 10.7. The first-order valence-electron chi connectivity index (χ1n) is 4.19. The first-order chi connectivity index (χ1) is 6.56. The molecule has 0 aromatic heterocycles. The van der Waals surface area contributed by atoms with E-state index in [1.807, 2.05) is 0 Å². The van der Waals surface area contributed by atoms with Crippen LogP contribution in [0, 0.1) is 0 Å². The average molecular weight is 324 g/mol. The van der Waals surface area contributed by atoms with Gasteiger partial charge < -0.3 is 16.6 Å². The maximum atomic E-state index is 9.48. The van der Waals surface area contributed by atoms with Crippen LogP contribution in [0.2, 0.25) is 0 Å². The SMILES string of the molecule is NCC[C@@H](N)c1cc(Br)c(O)c(Br)c1. The molecule has 14 heavy (non-hydrogen) atoms. The summed E-state index contributed by atoms with van der Waals surface area (Å²) in [6.07, 6.45) is 0.726. The number of hydrogen-bond acceptors (Lipinski definition) is 3. The van der Waals surface area contributed by atoms with Crippen molar-refractivity contribution in [3.63, 3.8) is 0 Å². The van der Waals surface area contributed by atoms with Crippen molar-refractivity contribution in [1.29, 1.82) is 0 Å². The highest BCUT2D eigenvalue weighted by Crippen LogP contribution is 2.35. The van der Waals surface area contributed by atoms with Gasteiger partial charge in [-0.3, -0.25) is 0 Å². The molecular formula is C9H12Br2N2O. The molecule has 0 unspecified atom stereocenters. The van der Waals surface area contributed by atoms with Gasteiger partial charge in [0, 0.05) is 6.04 Å². The molecule has 78 valence electrons. The Morgan fingerprint density at radius 3 is 2.21 bits per heavy atom. The number of aromatic hydroxyl groups is 1. The molecule has 0 amide bonds. The summed E-state index contributed by atoms with van der Waals surface area (Å²) in [4.78, 5) is 0. The molecule has 0 saturated heterocycles. The van der Waals surface area contributed by atoms with Crippen molar-refractivity contribution in [3.05, 3.63) is 26.6 Å². The van der Waals surface area contributed by atoms with Crippen LogP contribution in [0.15, 0.2) is 21.1 Å². The first-order valence-corrected chi connectivity index (χ1v) is 5.78. The lowest BCUT2D eigenvalue weighted by atomic mass is 10.0. The minimum atomic E-state index is -0.0896. The maximum Gasteiger partial charge on any atom is 0.143 e. The fourth-order valence-electron chi connectivity index (χ4n) is 1.15. The molecule has 1 aromatic carbocycles. The van der Waals surface area contributed by atoms with Gasteiger partial charge in [-0.2, -0.15) is 0 Å². The van der Waals surface area contributed by atoms with E-state index in [1.54, 1.807) is 12.1 Å². The minimum Gasteiger partial charge on any atom is -0.506 e. The summed E-state index contributed by atoms with van der Waals surface area (Å²) in [6, 6.07) is 3.52. The fourth-order valence-corrected chi connectivity index (χ4v) is 2.37. The number of halogens is 2. The highest BCUT2D eigenvalue weighted by molar-refractivity contribution is 9.11. The largest absolute Gasteiger partial charge is 0.506 e. The van der Waals surface area contributed by atoms with Crippen LogP contribution in [0.25, 0.3) is 0 Å². The topological polar surface area (TPSA) is 72.3 Å². The number of nitrogens with two attached hydrogens (primary N) is 2. The lowest BCUT2D eigenvalue weighted by molar-refractivity contribution is 0.467. The van der Waals surface area contributed by atoms with Crippen LogP contribution in [-0.4, -0.2) is 11.7 Å². The summed E-state index contributed by atoms with van der Waals surface area (Å²) < 4.78 is 1.27. The molecule has 0 radical (unpaired) electrons. The van der Waals surface area contributed by atoms with Crippen molar-refractivity contribution >= 4 is 31.9 Å². The Kier molecular flexibility index (Phi) is 4.37. The molecule has 1 rings (SSSR count). The lowest BCUT2D eigenvalue weighted by Gasteiger charge is -2.12. The summed E-state index contributed by atoms with van der Waals surface area (Å²) in [6.45, 7) is 0.553. The third kappa shape index (κ3) is 2.70. The third-order valence-corrected chi connectivity index (χ3v) is 3.15. The molecule has 1 aromatic rings. The Balaban J connectivity index is 3.00. The molecule has 5 heteroatoms. The van der Waals surface area contributed by atoms with Crippen molar-refractivity contribution < 1.29 is 5.11 Å². The van der Waals surface area contributed by atoms with Gasteiger partial charge in [-0.15, -0.1) is 0 Å². The van der Waals surface area contributed by atoms with Crippen LogP contribution in [0.3, 0.4) is 0 Å². The highest BCUT2D eigenvalue weighted by Gasteiger charge is 2.10. The summed E-state index contributed by atoms with van der Waals surface area (Å²) in [5, 5.41) is 9.48. The molecule has 0 spiro atoms. The molecule has 0 heterocycles. The fraction of sp³-hybridized carbons (Fsp3) is 0.333. The molecule has 5 N–H and O–H groups in total. The monoisotopic (exact) mass is 322 g/mol. The summed E-state index contributed by atoms with van der Waals surface area (Å²) >= 11 is 6.50. The minimum absolute atomic E-state index is 0.0896. The number of phenols is 1. The smallest absolute Gasteiger partial charge is 0.143 e. The zero-order valence-corrected chi connectivity index (χ0v) is 10.7. The van der Waals surface area contributed by atoms with Crippen LogP contribution >= 0.6 is 31.9 Å². The van der Waals surface area contributed by atoms with Gasteiger partial charge >= 0.3 is 0 Å². The van der Waals surface area contributed by atoms with Gasteiger partial charge in [0.25, 0.3) is 0 Å². The van der Waals surface area contributed by atoms with Crippen LogP contribution in [-0.2, 0) is 0 Å². The van der Waals surface area contributed by atoms with E-state index in [4.69, 9.17) is 11.5 Å². The molecule has 1 atom stereocenters. The Hall–Kier alpha value is -0.100.